The average Bonchev–Trinajstić information content (AvgIpc) is 2.40. The zero-order valence-electron chi connectivity index (χ0n) is 10.9. The van der Waals surface area contributed by atoms with Gasteiger partial charge in [-0.3, -0.25) is 4.79 Å². The maximum atomic E-state index is 11.1. The number of carbonyl (C=O) groups is 1. The van der Waals surface area contributed by atoms with Gasteiger partial charge in [0.25, 0.3) is 0 Å². The lowest BCUT2D eigenvalue weighted by molar-refractivity contribution is -0.131. The molecule has 0 N–H and O–H groups in total. The molecule has 3 aromatic carbocycles. The lowest BCUT2D eigenvalue weighted by Crippen LogP contribution is -2.02. The second-order valence-electron chi connectivity index (χ2n) is 4.70. The van der Waals surface area contributed by atoms with E-state index >= 15 is 0 Å². The fourth-order valence-electron chi connectivity index (χ4n) is 2.41. The third-order valence-corrected chi connectivity index (χ3v) is 3.36. The molecule has 0 saturated heterocycles. The van der Waals surface area contributed by atoms with Crippen molar-refractivity contribution in [3.05, 3.63) is 54.1 Å². The third kappa shape index (κ3) is 2.06. The van der Waals surface area contributed by atoms with Gasteiger partial charge in [0.1, 0.15) is 5.75 Å². The first-order valence-corrected chi connectivity index (χ1v) is 6.26. The van der Waals surface area contributed by atoms with Gasteiger partial charge >= 0.3 is 5.97 Å². The molecule has 0 amide bonds. The smallest absolute Gasteiger partial charge is 0.308 e. The van der Waals surface area contributed by atoms with Gasteiger partial charge in [0.05, 0.1) is 0 Å². The summed E-state index contributed by atoms with van der Waals surface area (Å²) in [6.45, 7) is 3.40. The Kier molecular flexibility index (Phi) is 2.71. The third-order valence-electron chi connectivity index (χ3n) is 3.36. The predicted molar refractivity (Wildman–Crippen MR) is 77.5 cm³/mol. The standard InChI is InChI=1S/C17H14O2/c1-11-16-10-14-6-4-3-5-13(14)9-15(16)7-8-17(11)19-12(2)18/h3-10H,1-2H3. The van der Waals surface area contributed by atoms with Crippen LogP contribution in [0, 0.1) is 6.92 Å². The molecule has 2 nitrogen and oxygen atoms in total. The van der Waals surface area contributed by atoms with E-state index in [0.717, 1.165) is 16.3 Å². The van der Waals surface area contributed by atoms with Gasteiger partial charge in [0.15, 0.2) is 0 Å². The zero-order chi connectivity index (χ0) is 13.4. The Morgan fingerprint density at radius 1 is 0.947 bits per heavy atom. The Hall–Kier alpha value is -2.35. The summed E-state index contributed by atoms with van der Waals surface area (Å²) in [5, 5.41) is 4.69. The molecule has 0 saturated carbocycles. The van der Waals surface area contributed by atoms with E-state index in [1.807, 2.05) is 31.2 Å². The van der Waals surface area contributed by atoms with Crippen LogP contribution in [0.3, 0.4) is 0 Å². The van der Waals surface area contributed by atoms with Gasteiger partial charge in [-0.2, -0.15) is 0 Å². The predicted octanol–water partition coefficient (Wildman–Crippen LogP) is 4.23. The molecule has 2 heteroatoms. The highest BCUT2D eigenvalue weighted by atomic mass is 16.5. The Balaban J connectivity index is 2.29. The van der Waals surface area contributed by atoms with Gasteiger partial charge in [-0.15, -0.1) is 0 Å². The average molecular weight is 250 g/mol. The summed E-state index contributed by atoms with van der Waals surface area (Å²) in [5.41, 5.74) is 0.999. The summed E-state index contributed by atoms with van der Waals surface area (Å²) < 4.78 is 5.23. The number of esters is 1. The molecule has 94 valence electrons. The summed E-state index contributed by atoms with van der Waals surface area (Å²) in [4.78, 5) is 11.1. The summed E-state index contributed by atoms with van der Waals surface area (Å²) >= 11 is 0. The molecule has 0 aliphatic heterocycles. The first-order chi connectivity index (χ1) is 9.15. The Bertz CT molecular complexity index is 788. The van der Waals surface area contributed by atoms with Crippen LogP contribution in [0.25, 0.3) is 21.5 Å². The molecule has 0 aromatic heterocycles. The topological polar surface area (TPSA) is 26.3 Å². The minimum atomic E-state index is -0.289. The van der Waals surface area contributed by atoms with Gasteiger partial charge in [0.2, 0.25) is 0 Å². The fraction of sp³-hybridized carbons (Fsp3) is 0.118. The highest BCUT2D eigenvalue weighted by Gasteiger charge is 2.07. The van der Waals surface area contributed by atoms with Crippen molar-refractivity contribution in [1.82, 2.24) is 0 Å². The van der Waals surface area contributed by atoms with Gasteiger partial charge < -0.3 is 4.74 Å². The lowest BCUT2D eigenvalue weighted by atomic mass is 10.00. The number of hydrogen-bond donors (Lipinski definition) is 0. The highest BCUT2D eigenvalue weighted by molar-refractivity contribution is 6.00. The highest BCUT2D eigenvalue weighted by Crippen LogP contribution is 2.30. The van der Waals surface area contributed by atoms with Crippen LogP contribution in [0.5, 0.6) is 5.75 Å². The van der Waals surface area contributed by atoms with Crippen molar-refractivity contribution in [2.24, 2.45) is 0 Å². The van der Waals surface area contributed by atoms with E-state index in [4.69, 9.17) is 4.74 Å². The Labute approximate surface area is 111 Å². The van der Waals surface area contributed by atoms with Crippen molar-refractivity contribution >= 4 is 27.5 Å². The second-order valence-corrected chi connectivity index (χ2v) is 4.70. The van der Waals surface area contributed by atoms with Gasteiger partial charge in [0, 0.05) is 6.92 Å². The Morgan fingerprint density at radius 3 is 2.32 bits per heavy atom. The van der Waals surface area contributed by atoms with Gasteiger partial charge in [-0.25, -0.2) is 0 Å². The van der Waals surface area contributed by atoms with Crippen molar-refractivity contribution in [2.75, 3.05) is 0 Å². The number of fused-ring (bicyclic) bond motifs is 2. The minimum absolute atomic E-state index is 0.289. The number of benzene rings is 3. The van der Waals surface area contributed by atoms with Crippen LogP contribution >= 0.6 is 0 Å². The zero-order valence-corrected chi connectivity index (χ0v) is 10.9. The Morgan fingerprint density at radius 2 is 1.63 bits per heavy atom. The lowest BCUT2D eigenvalue weighted by Gasteiger charge is -2.10. The van der Waals surface area contributed by atoms with Crippen LogP contribution in [0.1, 0.15) is 12.5 Å². The molecule has 0 aliphatic rings. The molecule has 0 spiro atoms. The van der Waals surface area contributed by atoms with Gasteiger partial charge in [-0.1, -0.05) is 30.3 Å². The normalized spacial score (nSPS) is 10.8. The molecule has 3 aromatic rings. The fourth-order valence-corrected chi connectivity index (χ4v) is 2.41. The van der Waals surface area contributed by atoms with Crippen LogP contribution in [0.2, 0.25) is 0 Å². The molecule has 0 fully saturated rings. The van der Waals surface area contributed by atoms with E-state index in [-0.39, 0.29) is 5.97 Å². The number of hydrogen-bond acceptors (Lipinski definition) is 2. The molecule has 0 aliphatic carbocycles. The van der Waals surface area contributed by atoms with Crippen LogP contribution in [0.15, 0.2) is 48.5 Å². The molecule has 0 unspecified atom stereocenters. The van der Waals surface area contributed by atoms with Crippen LogP contribution in [-0.4, -0.2) is 5.97 Å². The number of rotatable bonds is 1. The molecule has 19 heavy (non-hydrogen) atoms. The molecular formula is C17H14O2. The molecule has 0 heterocycles. The first kappa shape index (κ1) is 11.7. The van der Waals surface area contributed by atoms with E-state index in [0.29, 0.717) is 5.75 Å². The van der Waals surface area contributed by atoms with Crippen molar-refractivity contribution in [1.29, 1.82) is 0 Å². The summed E-state index contributed by atoms with van der Waals surface area (Å²) in [6, 6.07) is 16.4. The number of carbonyl (C=O) groups excluding carboxylic acids is 1. The first-order valence-electron chi connectivity index (χ1n) is 6.26. The molecular weight excluding hydrogens is 236 g/mol. The van der Waals surface area contributed by atoms with Crippen molar-refractivity contribution < 1.29 is 9.53 Å². The molecule has 0 atom stereocenters. The minimum Gasteiger partial charge on any atom is -0.426 e. The molecule has 0 bridgehead atoms. The maximum absolute atomic E-state index is 11.1. The van der Waals surface area contributed by atoms with Gasteiger partial charge in [-0.05, 0) is 52.2 Å². The van der Waals surface area contributed by atoms with E-state index < -0.39 is 0 Å². The van der Waals surface area contributed by atoms with Crippen molar-refractivity contribution in [2.45, 2.75) is 13.8 Å². The number of ether oxygens (including phenoxy) is 1. The quantitative estimate of drug-likeness (QED) is 0.367. The summed E-state index contributed by atoms with van der Waals surface area (Å²) in [5.74, 6) is 0.346. The molecule has 0 radical (unpaired) electrons. The molecule has 3 rings (SSSR count). The number of aryl methyl sites for hydroxylation is 1. The largest absolute Gasteiger partial charge is 0.426 e. The van der Waals surface area contributed by atoms with E-state index in [1.54, 1.807) is 0 Å². The second kappa shape index (κ2) is 4.39. The SMILES string of the molecule is CC(=O)Oc1ccc2cc3ccccc3cc2c1C. The summed E-state index contributed by atoms with van der Waals surface area (Å²) in [6.07, 6.45) is 0. The monoisotopic (exact) mass is 250 g/mol. The maximum Gasteiger partial charge on any atom is 0.308 e. The van der Waals surface area contributed by atoms with E-state index in [2.05, 4.69) is 24.3 Å². The van der Waals surface area contributed by atoms with Crippen LogP contribution in [-0.2, 0) is 4.79 Å². The van der Waals surface area contributed by atoms with Crippen molar-refractivity contribution in [3.8, 4) is 5.75 Å². The van der Waals surface area contributed by atoms with Crippen LogP contribution in [0.4, 0.5) is 0 Å². The summed E-state index contributed by atoms with van der Waals surface area (Å²) in [7, 11) is 0. The van der Waals surface area contributed by atoms with E-state index in [9.17, 15) is 4.79 Å². The van der Waals surface area contributed by atoms with Crippen LogP contribution < -0.4 is 4.74 Å². The van der Waals surface area contributed by atoms with Crippen molar-refractivity contribution in [3.63, 3.8) is 0 Å². The van der Waals surface area contributed by atoms with E-state index in [1.165, 1.54) is 17.7 Å².